The van der Waals surface area contributed by atoms with Crippen molar-refractivity contribution in [3.8, 4) is 5.75 Å². The molecule has 15 heavy (non-hydrogen) atoms. The van der Waals surface area contributed by atoms with Crippen molar-refractivity contribution in [3.05, 3.63) is 23.8 Å². The number of hydrogen-bond donors (Lipinski definition) is 1. The summed E-state index contributed by atoms with van der Waals surface area (Å²) in [6.45, 7) is 3.54. The molecular formula is C12H15NO2. The van der Waals surface area contributed by atoms with Crippen LogP contribution in [0, 0.1) is 0 Å². The second-order valence-corrected chi connectivity index (χ2v) is 3.95. The Morgan fingerprint density at radius 1 is 1.33 bits per heavy atom. The van der Waals surface area contributed by atoms with Crippen LogP contribution < -0.4 is 4.90 Å². The summed E-state index contributed by atoms with van der Waals surface area (Å²) >= 11 is 0. The first-order chi connectivity index (χ1) is 7.18. The quantitative estimate of drug-likeness (QED) is 0.752. The molecule has 0 radical (unpaired) electrons. The van der Waals surface area contributed by atoms with Gasteiger partial charge in [-0.05, 0) is 31.9 Å². The van der Waals surface area contributed by atoms with E-state index in [2.05, 4.69) is 4.90 Å². The van der Waals surface area contributed by atoms with E-state index >= 15 is 0 Å². The van der Waals surface area contributed by atoms with E-state index in [1.807, 2.05) is 6.07 Å². The number of benzene rings is 1. The molecule has 0 aliphatic carbocycles. The molecule has 1 aliphatic heterocycles. The lowest BCUT2D eigenvalue weighted by Crippen LogP contribution is -2.17. The molecule has 1 aromatic carbocycles. The van der Waals surface area contributed by atoms with Crippen molar-refractivity contribution >= 4 is 11.5 Å². The molecule has 1 aliphatic rings. The number of hydrogen-bond acceptors (Lipinski definition) is 3. The van der Waals surface area contributed by atoms with Gasteiger partial charge in [0, 0.05) is 24.8 Å². The molecule has 0 bridgehead atoms. The fraction of sp³-hybridized carbons (Fsp3) is 0.417. The average molecular weight is 205 g/mol. The van der Waals surface area contributed by atoms with Gasteiger partial charge in [0.05, 0.1) is 5.56 Å². The molecule has 3 heteroatoms. The Bertz CT molecular complexity index is 381. The maximum absolute atomic E-state index is 11.1. The number of anilines is 1. The summed E-state index contributed by atoms with van der Waals surface area (Å²) in [5.41, 5.74) is 1.41. The third-order valence-corrected chi connectivity index (χ3v) is 2.83. The highest BCUT2D eigenvalue weighted by molar-refractivity contribution is 5.97. The summed E-state index contributed by atoms with van der Waals surface area (Å²) in [7, 11) is 0. The Labute approximate surface area is 89.3 Å². The minimum Gasteiger partial charge on any atom is -0.507 e. The van der Waals surface area contributed by atoms with Gasteiger partial charge in [-0.15, -0.1) is 0 Å². The van der Waals surface area contributed by atoms with Crippen molar-refractivity contribution in [1.82, 2.24) is 0 Å². The fourth-order valence-electron chi connectivity index (χ4n) is 1.99. The highest BCUT2D eigenvalue weighted by Gasteiger charge is 2.14. The van der Waals surface area contributed by atoms with Crippen molar-refractivity contribution in [2.45, 2.75) is 19.8 Å². The Morgan fingerprint density at radius 2 is 2.00 bits per heavy atom. The lowest BCUT2D eigenvalue weighted by Gasteiger charge is -2.18. The second kappa shape index (κ2) is 3.93. The van der Waals surface area contributed by atoms with Crippen LogP contribution in [0.5, 0.6) is 5.75 Å². The van der Waals surface area contributed by atoms with Crippen molar-refractivity contribution in [2.75, 3.05) is 18.0 Å². The monoisotopic (exact) mass is 205 g/mol. The predicted molar refractivity (Wildman–Crippen MR) is 59.6 cm³/mol. The number of phenols is 1. The van der Waals surface area contributed by atoms with E-state index in [4.69, 9.17) is 0 Å². The summed E-state index contributed by atoms with van der Waals surface area (Å²) in [4.78, 5) is 13.4. The predicted octanol–water partition coefficient (Wildman–Crippen LogP) is 2.20. The maximum Gasteiger partial charge on any atom is 0.163 e. The summed E-state index contributed by atoms with van der Waals surface area (Å²) < 4.78 is 0. The zero-order valence-corrected chi connectivity index (χ0v) is 8.86. The third kappa shape index (κ3) is 1.96. The molecule has 1 aromatic rings. The van der Waals surface area contributed by atoms with Gasteiger partial charge in [0.1, 0.15) is 5.75 Å². The van der Waals surface area contributed by atoms with Crippen LogP contribution in [0.2, 0.25) is 0 Å². The Morgan fingerprint density at radius 3 is 2.53 bits per heavy atom. The van der Waals surface area contributed by atoms with Crippen LogP contribution in [0.15, 0.2) is 18.2 Å². The van der Waals surface area contributed by atoms with Crippen LogP contribution in [0.3, 0.4) is 0 Å². The van der Waals surface area contributed by atoms with Crippen molar-refractivity contribution in [1.29, 1.82) is 0 Å². The molecule has 1 fully saturated rings. The highest BCUT2D eigenvalue weighted by Crippen LogP contribution is 2.27. The smallest absolute Gasteiger partial charge is 0.163 e. The molecule has 1 N–H and O–H groups in total. The summed E-state index contributed by atoms with van der Waals surface area (Å²) in [5.74, 6) is -0.00706. The summed E-state index contributed by atoms with van der Waals surface area (Å²) in [6, 6.07) is 5.29. The standard InChI is InChI=1S/C12H15NO2/c1-9(14)11-5-4-10(8-12(11)15)13-6-2-3-7-13/h4-5,8,15H,2-3,6-7H2,1H3. The van der Waals surface area contributed by atoms with Gasteiger partial charge < -0.3 is 10.0 Å². The Hall–Kier alpha value is -1.51. The first kappa shape index (κ1) is 10.0. The van der Waals surface area contributed by atoms with Crippen LogP contribution in [0.1, 0.15) is 30.1 Å². The van der Waals surface area contributed by atoms with Crippen LogP contribution in [0.4, 0.5) is 5.69 Å². The zero-order chi connectivity index (χ0) is 10.8. The minimum atomic E-state index is -0.0968. The van der Waals surface area contributed by atoms with E-state index in [1.165, 1.54) is 19.8 Å². The van der Waals surface area contributed by atoms with E-state index in [-0.39, 0.29) is 11.5 Å². The number of carbonyl (C=O) groups is 1. The SMILES string of the molecule is CC(=O)c1ccc(N2CCCC2)cc1O. The molecule has 0 aromatic heterocycles. The van der Waals surface area contributed by atoms with Gasteiger partial charge in [-0.3, -0.25) is 4.79 Å². The van der Waals surface area contributed by atoms with Gasteiger partial charge >= 0.3 is 0 Å². The van der Waals surface area contributed by atoms with Gasteiger partial charge in [-0.1, -0.05) is 0 Å². The number of Topliss-reactive ketones (excluding diaryl/α,β-unsaturated/α-hetero) is 1. The van der Waals surface area contributed by atoms with E-state index in [0.717, 1.165) is 18.8 Å². The maximum atomic E-state index is 11.1. The highest BCUT2D eigenvalue weighted by atomic mass is 16.3. The largest absolute Gasteiger partial charge is 0.507 e. The van der Waals surface area contributed by atoms with E-state index < -0.39 is 0 Å². The first-order valence-corrected chi connectivity index (χ1v) is 5.27. The van der Waals surface area contributed by atoms with Crippen molar-refractivity contribution in [2.24, 2.45) is 0 Å². The molecule has 0 spiro atoms. The molecule has 0 unspecified atom stereocenters. The van der Waals surface area contributed by atoms with Crippen LogP contribution >= 0.6 is 0 Å². The topological polar surface area (TPSA) is 40.5 Å². The van der Waals surface area contributed by atoms with Crippen LogP contribution in [-0.2, 0) is 0 Å². The van der Waals surface area contributed by atoms with Gasteiger partial charge in [0.25, 0.3) is 0 Å². The molecule has 1 heterocycles. The number of rotatable bonds is 2. The number of aromatic hydroxyl groups is 1. The molecule has 2 rings (SSSR count). The van der Waals surface area contributed by atoms with Crippen molar-refractivity contribution < 1.29 is 9.90 Å². The molecule has 0 amide bonds. The summed E-state index contributed by atoms with van der Waals surface area (Å²) in [6.07, 6.45) is 2.41. The van der Waals surface area contributed by atoms with E-state index in [0.29, 0.717) is 5.56 Å². The van der Waals surface area contributed by atoms with Crippen LogP contribution in [0.25, 0.3) is 0 Å². The number of ketones is 1. The molecule has 3 nitrogen and oxygen atoms in total. The van der Waals surface area contributed by atoms with E-state index in [1.54, 1.807) is 12.1 Å². The number of nitrogens with zero attached hydrogens (tertiary/aromatic N) is 1. The average Bonchev–Trinajstić information content (AvgIpc) is 2.69. The van der Waals surface area contributed by atoms with Gasteiger partial charge in [0.2, 0.25) is 0 Å². The number of carbonyl (C=O) groups excluding carboxylic acids is 1. The van der Waals surface area contributed by atoms with Gasteiger partial charge in [0.15, 0.2) is 5.78 Å². The minimum absolute atomic E-state index is 0.0897. The summed E-state index contributed by atoms with van der Waals surface area (Å²) in [5, 5.41) is 9.67. The molecule has 0 saturated carbocycles. The third-order valence-electron chi connectivity index (χ3n) is 2.83. The molecule has 1 saturated heterocycles. The molecular weight excluding hydrogens is 190 g/mol. The lowest BCUT2D eigenvalue weighted by atomic mass is 10.1. The zero-order valence-electron chi connectivity index (χ0n) is 8.86. The van der Waals surface area contributed by atoms with Crippen molar-refractivity contribution in [3.63, 3.8) is 0 Å². The Kier molecular flexibility index (Phi) is 2.62. The Balaban J connectivity index is 2.28. The number of phenolic OH excluding ortho intramolecular Hbond substituents is 1. The first-order valence-electron chi connectivity index (χ1n) is 5.27. The van der Waals surface area contributed by atoms with Gasteiger partial charge in [-0.2, -0.15) is 0 Å². The normalized spacial score (nSPS) is 15.7. The van der Waals surface area contributed by atoms with Gasteiger partial charge in [-0.25, -0.2) is 0 Å². The second-order valence-electron chi connectivity index (χ2n) is 3.95. The lowest BCUT2D eigenvalue weighted by molar-refractivity contribution is 0.101. The molecule has 80 valence electrons. The molecule has 0 atom stereocenters. The van der Waals surface area contributed by atoms with Crippen LogP contribution in [-0.4, -0.2) is 24.0 Å². The van der Waals surface area contributed by atoms with E-state index in [9.17, 15) is 9.90 Å². The fourth-order valence-corrected chi connectivity index (χ4v) is 1.99.